The van der Waals surface area contributed by atoms with Crippen LogP contribution in [0.25, 0.3) is 5.69 Å². The first-order valence-electron chi connectivity index (χ1n) is 9.72. The second-order valence-corrected chi connectivity index (χ2v) is 7.24. The molecule has 0 saturated heterocycles. The SMILES string of the molecule is Cc1cc(C)n(-c2ccc(C(=O)OCC(=O)N3CCCc4ccccc43)cc2)n1. The molecule has 3 aromatic rings. The third-order valence-electron chi connectivity index (χ3n) is 5.10. The highest BCUT2D eigenvalue weighted by Gasteiger charge is 2.23. The number of nitrogens with zero attached hydrogens (tertiary/aromatic N) is 3. The van der Waals surface area contributed by atoms with E-state index in [1.165, 1.54) is 0 Å². The van der Waals surface area contributed by atoms with Crippen LogP contribution in [0.2, 0.25) is 0 Å². The molecule has 1 aliphatic rings. The van der Waals surface area contributed by atoms with Gasteiger partial charge < -0.3 is 9.64 Å². The van der Waals surface area contributed by atoms with Crippen molar-refractivity contribution in [1.29, 1.82) is 0 Å². The summed E-state index contributed by atoms with van der Waals surface area (Å²) in [7, 11) is 0. The summed E-state index contributed by atoms with van der Waals surface area (Å²) in [5.74, 6) is -0.715. The maximum absolute atomic E-state index is 12.6. The summed E-state index contributed by atoms with van der Waals surface area (Å²) < 4.78 is 7.10. The Morgan fingerprint density at radius 1 is 1.07 bits per heavy atom. The molecule has 0 bridgehead atoms. The number of fused-ring (bicyclic) bond motifs is 1. The molecule has 0 spiro atoms. The number of carbonyl (C=O) groups is 2. The van der Waals surface area contributed by atoms with Crippen LogP contribution in [0.4, 0.5) is 5.69 Å². The number of hydrogen-bond donors (Lipinski definition) is 0. The van der Waals surface area contributed by atoms with Crippen molar-refractivity contribution in [2.24, 2.45) is 0 Å². The Bertz CT molecular complexity index is 1050. The van der Waals surface area contributed by atoms with Crippen LogP contribution in [0.1, 0.15) is 33.7 Å². The van der Waals surface area contributed by atoms with Crippen molar-refractivity contribution in [3.8, 4) is 5.69 Å². The van der Waals surface area contributed by atoms with Crippen LogP contribution in [-0.2, 0) is 16.0 Å². The van der Waals surface area contributed by atoms with E-state index in [1.807, 2.05) is 61.0 Å². The number of ether oxygens (including phenoxy) is 1. The van der Waals surface area contributed by atoms with E-state index in [1.54, 1.807) is 17.0 Å². The van der Waals surface area contributed by atoms with Gasteiger partial charge in [-0.1, -0.05) is 18.2 Å². The summed E-state index contributed by atoms with van der Waals surface area (Å²) >= 11 is 0. The lowest BCUT2D eigenvalue weighted by Gasteiger charge is -2.29. The van der Waals surface area contributed by atoms with E-state index in [2.05, 4.69) is 5.10 Å². The molecular formula is C23H23N3O3. The minimum atomic E-state index is -0.511. The Morgan fingerprint density at radius 2 is 1.83 bits per heavy atom. The van der Waals surface area contributed by atoms with Crippen molar-refractivity contribution in [3.63, 3.8) is 0 Å². The second-order valence-electron chi connectivity index (χ2n) is 7.24. The van der Waals surface area contributed by atoms with Gasteiger partial charge in [0.15, 0.2) is 6.61 Å². The Balaban J connectivity index is 1.40. The zero-order valence-corrected chi connectivity index (χ0v) is 16.6. The molecular weight excluding hydrogens is 366 g/mol. The van der Waals surface area contributed by atoms with E-state index in [4.69, 9.17) is 4.74 Å². The molecule has 29 heavy (non-hydrogen) atoms. The number of rotatable bonds is 4. The molecule has 1 aliphatic heterocycles. The van der Waals surface area contributed by atoms with Gasteiger partial charge in [0.2, 0.25) is 0 Å². The van der Waals surface area contributed by atoms with Gasteiger partial charge in [0.1, 0.15) is 0 Å². The van der Waals surface area contributed by atoms with Gasteiger partial charge >= 0.3 is 5.97 Å². The summed E-state index contributed by atoms with van der Waals surface area (Å²) in [6.45, 7) is 4.29. The number of aromatic nitrogens is 2. The molecule has 1 aromatic heterocycles. The van der Waals surface area contributed by atoms with Gasteiger partial charge in [-0.05, 0) is 68.7 Å². The maximum Gasteiger partial charge on any atom is 0.338 e. The summed E-state index contributed by atoms with van der Waals surface area (Å²) in [5, 5.41) is 4.44. The fourth-order valence-electron chi connectivity index (χ4n) is 3.71. The molecule has 2 heterocycles. The standard InChI is InChI=1S/C23H23N3O3/c1-16-14-17(2)26(24-16)20-11-9-19(10-12-20)23(28)29-15-22(27)25-13-5-7-18-6-3-4-8-21(18)25/h3-4,6,8-12,14H,5,7,13,15H2,1-2H3. The second kappa shape index (κ2) is 7.91. The van der Waals surface area contributed by atoms with Gasteiger partial charge in [0, 0.05) is 17.9 Å². The third kappa shape index (κ3) is 3.92. The Kier molecular flexibility index (Phi) is 5.16. The van der Waals surface area contributed by atoms with Gasteiger partial charge in [0.25, 0.3) is 5.91 Å². The van der Waals surface area contributed by atoms with Crippen LogP contribution in [-0.4, -0.2) is 34.8 Å². The Morgan fingerprint density at radius 3 is 2.55 bits per heavy atom. The molecule has 4 rings (SSSR count). The minimum Gasteiger partial charge on any atom is -0.452 e. The van der Waals surface area contributed by atoms with Gasteiger partial charge in [-0.15, -0.1) is 0 Å². The van der Waals surface area contributed by atoms with Gasteiger partial charge in [-0.25, -0.2) is 9.48 Å². The van der Waals surface area contributed by atoms with E-state index in [9.17, 15) is 9.59 Å². The largest absolute Gasteiger partial charge is 0.452 e. The molecule has 148 valence electrons. The van der Waals surface area contributed by atoms with Crippen molar-refractivity contribution in [2.75, 3.05) is 18.1 Å². The number of carbonyl (C=O) groups excluding carboxylic acids is 2. The molecule has 0 aliphatic carbocycles. The first-order chi connectivity index (χ1) is 14.0. The Labute approximate surface area is 169 Å². The highest BCUT2D eigenvalue weighted by atomic mass is 16.5. The highest BCUT2D eigenvalue weighted by Crippen LogP contribution is 2.26. The first-order valence-corrected chi connectivity index (χ1v) is 9.72. The predicted molar refractivity (Wildman–Crippen MR) is 110 cm³/mol. The summed E-state index contributed by atoms with van der Waals surface area (Å²) in [6.07, 6.45) is 1.87. The summed E-state index contributed by atoms with van der Waals surface area (Å²) in [5.41, 5.74) is 5.29. The van der Waals surface area contributed by atoms with Crippen LogP contribution in [0.5, 0.6) is 0 Å². The van der Waals surface area contributed by atoms with Crippen LogP contribution < -0.4 is 4.90 Å². The monoisotopic (exact) mass is 389 g/mol. The predicted octanol–water partition coefficient (Wildman–Crippen LogP) is 3.63. The molecule has 0 fully saturated rings. The fourth-order valence-corrected chi connectivity index (χ4v) is 3.71. The summed E-state index contributed by atoms with van der Waals surface area (Å²) in [6, 6.07) is 16.9. The molecule has 1 amide bonds. The topological polar surface area (TPSA) is 64.4 Å². The van der Waals surface area contributed by atoms with E-state index < -0.39 is 5.97 Å². The van der Waals surface area contributed by atoms with Crippen molar-refractivity contribution in [1.82, 2.24) is 9.78 Å². The summed E-state index contributed by atoms with van der Waals surface area (Å²) in [4.78, 5) is 26.7. The average Bonchev–Trinajstić information content (AvgIpc) is 3.09. The first kappa shape index (κ1) is 18.9. The van der Waals surface area contributed by atoms with E-state index in [0.29, 0.717) is 12.1 Å². The number of para-hydroxylation sites is 1. The lowest BCUT2D eigenvalue weighted by atomic mass is 10.0. The van der Waals surface area contributed by atoms with Crippen molar-refractivity contribution in [3.05, 3.63) is 77.1 Å². The van der Waals surface area contributed by atoms with E-state index >= 15 is 0 Å². The number of hydrogen-bond acceptors (Lipinski definition) is 4. The van der Waals surface area contributed by atoms with E-state index in [-0.39, 0.29) is 12.5 Å². The Hall–Kier alpha value is -3.41. The molecule has 0 saturated carbocycles. The van der Waals surface area contributed by atoms with Crippen molar-refractivity contribution >= 4 is 17.6 Å². The van der Waals surface area contributed by atoms with Gasteiger partial charge in [-0.3, -0.25) is 4.79 Å². The van der Waals surface area contributed by atoms with Crippen LogP contribution in [0.3, 0.4) is 0 Å². The number of amides is 1. The van der Waals surface area contributed by atoms with Crippen molar-refractivity contribution < 1.29 is 14.3 Å². The average molecular weight is 389 g/mol. The van der Waals surface area contributed by atoms with Crippen molar-refractivity contribution in [2.45, 2.75) is 26.7 Å². The number of aryl methyl sites for hydroxylation is 3. The lowest BCUT2D eigenvalue weighted by molar-refractivity contribution is -0.121. The fraction of sp³-hybridized carbons (Fsp3) is 0.261. The molecule has 6 heteroatoms. The lowest BCUT2D eigenvalue weighted by Crippen LogP contribution is -2.38. The van der Waals surface area contributed by atoms with Gasteiger partial charge in [0.05, 0.1) is 16.9 Å². The van der Waals surface area contributed by atoms with Crippen LogP contribution in [0.15, 0.2) is 54.6 Å². The third-order valence-corrected chi connectivity index (χ3v) is 5.10. The normalized spacial score (nSPS) is 13.1. The molecule has 2 aromatic carbocycles. The zero-order valence-electron chi connectivity index (χ0n) is 16.6. The molecule has 0 unspecified atom stereocenters. The highest BCUT2D eigenvalue weighted by molar-refractivity contribution is 5.98. The quantitative estimate of drug-likeness (QED) is 0.639. The molecule has 0 atom stereocenters. The smallest absolute Gasteiger partial charge is 0.338 e. The van der Waals surface area contributed by atoms with Crippen LogP contribution >= 0.6 is 0 Å². The van der Waals surface area contributed by atoms with Gasteiger partial charge in [-0.2, -0.15) is 5.10 Å². The number of anilines is 1. The molecule has 6 nitrogen and oxygen atoms in total. The number of esters is 1. The minimum absolute atomic E-state index is 0.204. The van der Waals surface area contributed by atoms with E-state index in [0.717, 1.165) is 41.2 Å². The molecule has 0 N–H and O–H groups in total. The zero-order chi connectivity index (χ0) is 20.4. The number of benzene rings is 2. The van der Waals surface area contributed by atoms with Crippen LogP contribution in [0, 0.1) is 13.8 Å². The molecule has 0 radical (unpaired) electrons. The maximum atomic E-state index is 12.6.